The van der Waals surface area contributed by atoms with Gasteiger partial charge in [-0.3, -0.25) is 9.91 Å². The normalized spacial score (nSPS) is 20.6. The summed E-state index contributed by atoms with van der Waals surface area (Å²) in [6, 6.07) is 16.1. The highest BCUT2D eigenvalue weighted by atomic mass is 35.5. The highest BCUT2D eigenvalue weighted by Gasteiger charge is 2.45. The van der Waals surface area contributed by atoms with Gasteiger partial charge in [-0.2, -0.15) is 5.01 Å². The van der Waals surface area contributed by atoms with E-state index in [1.807, 2.05) is 36.4 Å². The van der Waals surface area contributed by atoms with E-state index in [2.05, 4.69) is 27.1 Å². The van der Waals surface area contributed by atoms with Gasteiger partial charge in [-0.15, -0.1) is 0 Å². The molecule has 0 saturated carbocycles. The summed E-state index contributed by atoms with van der Waals surface area (Å²) in [4.78, 5) is 2.20. The SMILES string of the molecule is COc1ccc([C@H]2N(c3ccc(Cl)cc3)C(=S)N3CCCN23)cc1. The Morgan fingerprint density at radius 1 is 1.04 bits per heavy atom. The van der Waals surface area contributed by atoms with E-state index in [4.69, 9.17) is 28.6 Å². The van der Waals surface area contributed by atoms with Gasteiger partial charge in [0.25, 0.3) is 0 Å². The second kappa shape index (κ2) is 6.24. The van der Waals surface area contributed by atoms with Crippen molar-refractivity contribution in [2.24, 2.45) is 0 Å². The molecule has 0 spiro atoms. The van der Waals surface area contributed by atoms with E-state index in [1.54, 1.807) is 7.11 Å². The summed E-state index contributed by atoms with van der Waals surface area (Å²) in [5.41, 5.74) is 2.25. The molecule has 0 amide bonds. The topological polar surface area (TPSA) is 19.0 Å². The molecular formula is C18H18ClN3OS. The Balaban J connectivity index is 1.76. The number of rotatable bonds is 3. The van der Waals surface area contributed by atoms with Gasteiger partial charge in [0, 0.05) is 23.8 Å². The smallest absolute Gasteiger partial charge is 0.192 e. The number of fused-ring (bicyclic) bond motifs is 1. The Bertz CT molecular complexity index is 750. The van der Waals surface area contributed by atoms with E-state index < -0.39 is 0 Å². The Kier molecular flexibility index (Phi) is 4.08. The predicted molar refractivity (Wildman–Crippen MR) is 100 cm³/mol. The zero-order valence-corrected chi connectivity index (χ0v) is 14.9. The van der Waals surface area contributed by atoms with Crippen LogP contribution in [0.25, 0.3) is 0 Å². The van der Waals surface area contributed by atoms with Crippen molar-refractivity contribution in [1.29, 1.82) is 0 Å². The Morgan fingerprint density at radius 2 is 1.75 bits per heavy atom. The first-order valence-electron chi connectivity index (χ1n) is 7.96. The second-order valence-electron chi connectivity index (χ2n) is 5.92. The summed E-state index contributed by atoms with van der Waals surface area (Å²) in [5, 5.41) is 6.12. The lowest BCUT2D eigenvalue weighted by Crippen LogP contribution is -2.32. The molecule has 0 bridgehead atoms. The molecule has 2 aliphatic heterocycles. The number of ether oxygens (including phenoxy) is 1. The summed E-state index contributed by atoms with van der Waals surface area (Å²) in [6.45, 7) is 1.97. The van der Waals surface area contributed by atoms with Crippen LogP contribution in [0.2, 0.25) is 5.02 Å². The minimum absolute atomic E-state index is 0.0621. The lowest BCUT2D eigenvalue weighted by atomic mass is 10.1. The summed E-state index contributed by atoms with van der Waals surface area (Å²) in [5.74, 6) is 0.857. The molecule has 24 heavy (non-hydrogen) atoms. The first-order chi connectivity index (χ1) is 11.7. The fourth-order valence-electron chi connectivity index (χ4n) is 3.40. The maximum atomic E-state index is 6.05. The maximum absolute atomic E-state index is 6.05. The van der Waals surface area contributed by atoms with E-state index in [1.165, 1.54) is 5.56 Å². The molecule has 6 heteroatoms. The van der Waals surface area contributed by atoms with Crippen LogP contribution in [-0.2, 0) is 0 Å². The van der Waals surface area contributed by atoms with Crippen LogP contribution < -0.4 is 9.64 Å². The molecule has 2 aromatic carbocycles. The van der Waals surface area contributed by atoms with Crippen LogP contribution in [0, 0.1) is 0 Å². The zero-order chi connectivity index (χ0) is 16.7. The first-order valence-corrected chi connectivity index (χ1v) is 8.74. The number of hydrogen-bond donors (Lipinski definition) is 0. The molecule has 4 nitrogen and oxygen atoms in total. The standard InChI is InChI=1S/C18H18ClN3OS/c1-23-16-9-3-13(4-10-16)17-20-11-2-12-21(20)18(24)22(17)15-7-5-14(19)6-8-15/h3-10,17H,2,11-12H2,1H3/t17-/m1/s1. The molecule has 1 atom stereocenters. The fourth-order valence-corrected chi connectivity index (χ4v) is 3.93. The van der Waals surface area contributed by atoms with Gasteiger partial charge >= 0.3 is 0 Å². The van der Waals surface area contributed by atoms with Crippen LogP contribution in [-0.4, -0.2) is 35.3 Å². The van der Waals surface area contributed by atoms with Gasteiger partial charge in [-0.25, -0.2) is 0 Å². The minimum Gasteiger partial charge on any atom is -0.497 e. The third-order valence-corrected chi connectivity index (χ3v) is 5.20. The molecule has 4 rings (SSSR count). The van der Waals surface area contributed by atoms with Crippen LogP contribution in [0.1, 0.15) is 18.2 Å². The first kappa shape index (κ1) is 15.7. The van der Waals surface area contributed by atoms with Crippen molar-refractivity contribution in [1.82, 2.24) is 10.0 Å². The van der Waals surface area contributed by atoms with Crippen LogP contribution >= 0.6 is 23.8 Å². The molecule has 0 aromatic heterocycles. The van der Waals surface area contributed by atoms with Crippen molar-refractivity contribution in [3.8, 4) is 5.75 Å². The molecule has 2 saturated heterocycles. The van der Waals surface area contributed by atoms with Gasteiger partial charge in [-0.1, -0.05) is 23.7 Å². The molecule has 0 radical (unpaired) electrons. The van der Waals surface area contributed by atoms with Crippen molar-refractivity contribution < 1.29 is 4.74 Å². The van der Waals surface area contributed by atoms with E-state index in [9.17, 15) is 0 Å². The van der Waals surface area contributed by atoms with E-state index in [0.717, 1.165) is 41.1 Å². The number of thiocarbonyl (C=S) groups is 1. The van der Waals surface area contributed by atoms with Gasteiger partial charge in [0.2, 0.25) is 0 Å². The molecule has 0 aliphatic carbocycles. The number of hydrazine groups is 1. The third kappa shape index (κ3) is 2.53. The summed E-state index contributed by atoms with van der Waals surface area (Å²) >= 11 is 11.8. The highest BCUT2D eigenvalue weighted by Crippen LogP contribution is 2.41. The summed E-state index contributed by atoms with van der Waals surface area (Å²) in [7, 11) is 1.68. The molecule has 2 heterocycles. The molecule has 2 aliphatic rings. The van der Waals surface area contributed by atoms with E-state index in [0.29, 0.717) is 0 Å². The fraction of sp³-hybridized carbons (Fsp3) is 0.278. The van der Waals surface area contributed by atoms with Crippen molar-refractivity contribution in [2.75, 3.05) is 25.1 Å². The van der Waals surface area contributed by atoms with E-state index >= 15 is 0 Å². The minimum atomic E-state index is 0.0621. The van der Waals surface area contributed by atoms with Crippen LogP contribution in [0.5, 0.6) is 5.75 Å². The predicted octanol–water partition coefficient (Wildman–Crippen LogP) is 4.08. The number of methoxy groups -OCH3 is 1. The summed E-state index contributed by atoms with van der Waals surface area (Å²) in [6.07, 6.45) is 1.19. The van der Waals surface area contributed by atoms with Gasteiger partial charge in [-0.05, 0) is 60.6 Å². The van der Waals surface area contributed by atoms with Crippen LogP contribution in [0.3, 0.4) is 0 Å². The number of hydrogen-bond acceptors (Lipinski definition) is 3. The molecule has 124 valence electrons. The largest absolute Gasteiger partial charge is 0.497 e. The summed E-state index contributed by atoms with van der Waals surface area (Å²) < 4.78 is 5.29. The average molecular weight is 360 g/mol. The van der Waals surface area contributed by atoms with Crippen LogP contribution in [0.4, 0.5) is 5.69 Å². The molecule has 0 unspecified atom stereocenters. The number of benzene rings is 2. The van der Waals surface area contributed by atoms with Gasteiger partial charge in [0.15, 0.2) is 5.11 Å². The Hall–Kier alpha value is -1.82. The number of halogens is 1. The lowest BCUT2D eigenvalue weighted by molar-refractivity contribution is 0.0923. The monoisotopic (exact) mass is 359 g/mol. The average Bonchev–Trinajstić information content (AvgIpc) is 3.18. The molecule has 2 aromatic rings. The second-order valence-corrected chi connectivity index (χ2v) is 6.72. The number of nitrogens with zero attached hydrogens (tertiary/aromatic N) is 3. The Morgan fingerprint density at radius 3 is 2.42 bits per heavy atom. The van der Waals surface area contributed by atoms with Crippen molar-refractivity contribution in [3.63, 3.8) is 0 Å². The number of anilines is 1. The van der Waals surface area contributed by atoms with Gasteiger partial charge in [0.05, 0.1) is 7.11 Å². The van der Waals surface area contributed by atoms with Gasteiger partial charge in [0.1, 0.15) is 11.9 Å². The molecular weight excluding hydrogens is 342 g/mol. The maximum Gasteiger partial charge on any atom is 0.192 e. The van der Waals surface area contributed by atoms with Crippen molar-refractivity contribution in [3.05, 3.63) is 59.1 Å². The van der Waals surface area contributed by atoms with E-state index in [-0.39, 0.29) is 6.17 Å². The molecule has 0 N–H and O–H groups in total. The lowest BCUT2D eigenvalue weighted by Gasteiger charge is -2.29. The third-order valence-electron chi connectivity index (χ3n) is 4.54. The quantitative estimate of drug-likeness (QED) is 0.767. The molecule has 2 fully saturated rings. The van der Waals surface area contributed by atoms with Crippen molar-refractivity contribution >= 4 is 34.6 Å². The zero-order valence-electron chi connectivity index (χ0n) is 13.4. The Labute approximate surface area is 152 Å². The van der Waals surface area contributed by atoms with Gasteiger partial charge < -0.3 is 4.74 Å². The van der Waals surface area contributed by atoms with Crippen LogP contribution in [0.15, 0.2) is 48.5 Å². The highest BCUT2D eigenvalue weighted by molar-refractivity contribution is 7.80. The van der Waals surface area contributed by atoms with Crippen molar-refractivity contribution in [2.45, 2.75) is 12.6 Å².